The number of likely N-dealkylation sites (tertiary alicyclic amines) is 1. The molecule has 4 unspecified atom stereocenters. The van der Waals surface area contributed by atoms with E-state index in [0.717, 1.165) is 24.1 Å². The largest absolute Gasteiger partial charge is 0.480 e. The average molecular weight is 516 g/mol. The maximum atomic E-state index is 14.3. The lowest BCUT2D eigenvalue weighted by atomic mass is 9.70. The van der Waals surface area contributed by atoms with Gasteiger partial charge in [0.1, 0.15) is 10.6 Å². The molecule has 2 fully saturated rings. The number of rotatable bonds is 5. The normalized spacial score (nSPS) is 29.9. The number of carboxylic acids is 1. The topological polar surface area (TPSA) is 101 Å². The van der Waals surface area contributed by atoms with Crippen LogP contribution in [0.15, 0.2) is 53.4 Å². The van der Waals surface area contributed by atoms with Gasteiger partial charge < -0.3 is 14.7 Å². The molecule has 0 aromatic heterocycles. The molecule has 9 heteroatoms. The molecule has 0 spiro atoms. The van der Waals surface area contributed by atoms with E-state index in [9.17, 15) is 27.5 Å². The predicted octanol–water partition coefficient (Wildman–Crippen LogP) is 3.70. The van der Waals surface area contributed by atoms with Crippen LogP contribution in [0, 0.1) is 11.2 Å². The van der Waals surface area contributed by atoms with E-state index in [2.05, 4.69) is 0 Å². The highest BCUT2D eigenvalue weighted by atomic mass is 32.2. The molecule has 4 atom stereocenters. The van der Waals surface area contributed by atoms with Crippen molar-refractivity contribution in [3.63, 3.8) is 0 Å². The smallest absolute Gasteiger partial charge is 0.321 e. The molecule has 1 N–H and O–H groups in total. The van der Waals surface area contributed by atoms with Gasteiger partial charge in [-0.3, -0.25) is 9.59 Å². The molecule has 2 aromatic rings. The summed E-state index contributed by atoms with van der Waals surface area (Å²) in [7, 11) is -2.66. The Labute approximate surface area is 210 Å². The Kier molecular flexibility index (Phi) is 6.19. The fourth-order valence-corrected chi connectivity index (χ4v) is 9.20. The van der Waals surface area contributed by atoms with Crippen molar-refractivity contribution in [2.75, 3.05) is 13.7 Å². The summed E-state index contributed by atoms with van der Waals surface area (Å²) in [5.74, 6) is -2.34. The number of ether oxygens (including phenoxy) is 1. The van der Waals surface area contributed by atoms with E-state index >= 15 is 0 Å². The maximum absolute atomic E-state index is 14.3. The number of carboxylic acid groups (broad SMARTS) is 1. The molecule has 2 aromatic carbocycles. The van der Waals surface area contributed by atoms with Crippen molar-refractivity contribution in [1.29, 1.82) is 0 Å². The van der Waals surface area contributed by atoms with Crippen LogP contribution in [0.5, 0.6) is 0 Å². The summed E-state index contributed by atoms with van der Waals surface area (Å²) in [4.78, 5) is 28.3. The van der Waals surface area contributed by atoms with Crippen molar-refractivity contribution in [3.05, 3.63) is 65.5 Å². The van der Waals surface area contributed by atoms with Gasteiger partial charge in [-0.1, -0.05) is 37.1 Å². The molecule has 1 heterocycles. The minimum atomic E-state index is -4.09. The van der Waals surface area contributed by atoms with Gasteiger partial charge in [0.15, 0.2) is 15.3 Å². The van der Waals surface area contributed by atoms with Crippen LogP contribution < -0.4 is 0 Å². The Morgan fingerprint density at radius 3 is 2.47 bits per heavy atom. The Morgan fingerprint density at radius 2 is 1.78 bits per heavy atom. The van der Waals surface area contributed by atoms with Crippen molar-refractivity contribution < 1.29 is 32.2 Å². The number of carbonyl (C=O) groups is 2. The van der Waals surface area contributed by atoms with Crippen LogP contribution >= 0.6 is 0 Å². The molecule has 0 radical (unpaired) electrons. The number of sulfone groups is 1. The molecule has 5 rings (SSSR count). The third-order valence-corrected chi connectivity index (χ3v) is 11.1. The van der Waals surface area contributed by atoms with E-state index in [1.54, 1.807) is 12.1 Å². The summed E-state index contributed by atoms with van der Waals surface area (Å²) >= 11 is 0. The fourth-order valence-electron chi connectivity index (χ4n) is 6.83. The first-order valence-electron chi connectivity index (χ1n) is 12.4. The number of nitrogens with zero attached hydrogens (tertiary/aromatic N) is 1. The summed E-state index contributed by atoms with van der Waals surface area (Å²) in [5, 5.41) is 10.3. The van der Waals surface area contributed by atoms with Crippen molar-refractivity contribution in [2.45, 2.75) is 66.7 Å². The molecule has 0 bridgehead atoms. The van der Waals surface area contributed by atoms with Crippen LogP contribution in [0.1, 0.15) is 49.7 Å². The van der Waals surface area contributed by atoms with E-state index < -0.39 is 49.8 Å². The number of amides is 1. The van der Waals surface area contributed by atoms with Gasteiger partial charge in [-0.15, -0.1) is 0 Å². The lowest BCUT2D eigenvalue weighted by Crippen LogP contribution is -2.60. The third-order valence-electron chi connectivity index (χ3n) is 8.55. The van der Waals surface area contributed by atoms with E-state index in [1.165, 1.54) is 24.1 Å². The van der Waals surface area contributed by atoms with Gasteiger partial charge in [0.2, 0.25) is 5.91 Å². The minimum absolute atomic E-state index is 0.0136. The molecule has 1 saturated carbocycles. The average Bonchev–Trinajstić information content (AvgIpc) is 3.30. The van der Waals surface area contributed by atoms with Crippen LogP contribution in [0.3, 0.4) is 0 Å². The van der Waals surface area contributed by atoms with Gasteiger partial charge in [-0.2, -0.15) is 0 Å². The summed E-state index contributed by atoms with van der Waals surface area (Å²) in [5.41, 5.74) is -0.217. The number of halogens is 1. The van der Waals surface area contributed by atoms with Crippen LogP contribution in [0.2, 0.25) is 0 Å². The van der Waals surface area contributed by atoms with Crippen LogP contribution in [0.4, 0.5) is 4.39 Å². The second-order valence-corrected chi connectivity index (χ2v) is 12.3. The Balaban J connectivity index is 1.66. The highest BCUT2D eigenvalue weighted by molar-refractivity contribution is 7.92. The third kappa shape index (κ3) is 3.35. The van der Waals surface area contributed by atoms with Gasteiger partial charge in [-0.05, 0) is 67.5 Å². The molecule has 2 aliphatic carbocycles. The highest BCUT2D eigenvalue weighted by Gasteiger charge is 2.64. The molecule has 3 aliphatic rings. The number of aliphatic carboxylic acids is 1. The summed E-state index contributed by atoms with van der Waals surface area (Å²) in [6.07, 6.45) is 2.25. The summed E-state index contributed by atoms with van der Waals surface area (Å²) < 4.78 is 46.4. The Hall–Kier alpha value is -2.78. The van der Waals surface area contributed by atoms with Gasteiger partial charge in [0, 0.05) is 13.7 Å². The zero-order valence-electron chi connectivity index (χ0n) is 20.2. The molecule has 1 saturated heterocycles. The van der Waals surface area contributed by atoms with Crippen LogP contribution in [-0.4, -0.2) is 56.1 Å². The first-order valence-corrected chi connectivity index (χ1v) is 13.8. The van der Waals surface area contributed by atoms with Gasteiger partial charge in [-0.25, -0.2) is 12.8 Å². The van der Waals surface area contributed by atoms with Crippen molar-refractivity contribution in [2.24, 2.45) is 5.41 Å². The van der Waals surface area contributed by atoms with Gasteiger partial charge in [0.25, 0.3) is 0 Å². The standard InChI is InChI=1S/C27H30FNO6S/c1-35-23-8-4-5-15-26(23,25(31)32)24(30)29-17-16-27(36(33,34)20-12-10-19(28)11-13-20)21-7-3-2-6-18(21)9-14-22(27)29/h2-3,6-7,10-13,22-23H,4-5,8-9,14-17H2,1H3,(H,31,32). The summed E-state index contributed by atoms with van der Waals surface area (Å²) in [6, 6.07) is 11.4. The Morgan fingerprint density at radius 1 is 1.06 bits per heavy atom. The van der Waals surface area contributed by atoms with E-state index in [0.29, 0.717) is 31.2 Å². The number of methoxy groups -OCH3 is 1. The summed E-state index contributed by atoms with van der Waals surface area (Å²) in [6.45, 7) is 0.115. The first-order chi connectivity index (χ1) is 17.2. The van der Waals surface area contributed by atoms with Gasteiger partial charge >= 0.3 is 5.97 Å². The Bertz CT molecular complexity index is 1300. The molecule has 7 nitrogen and oxygen atoms in total. The van der Waals surface area contributed by atoms with Crippen LogP contribution in [0.25, 0.3) is 0 Å². The minimum Gasteiger partial charge on any atom is -0.480 e. The van der Waals surface area contributed by atoms with Crippen molar-refractivity contribution in [1.82, 2.24) is 4.90 Å². The zero-order chi connectivity index (χ0) is 25.7. The number of carbonyl (C=O) groups excluding carboxylic acids is 1. The van der Waals surface area contributed by atoms with E-state index in [-0.39, 0.29) is 24.3 Å². The number of aryl methyl sites for hydroxylation is 1. The maximum Gasteiger partial charge on any atom is 0.321 e. The number of hydrogen-bond donors (Lipinski definition) is 1. The number of hydrogen-bond acceptors (Lipinski definition) is 5. The SMILES string of the molecule is COC1CCCCC1(C(=O)O)C(=O)N1CCC2(S(=O)(=O)c3ccc(F)cc3)c3ccccc3CCC12. The second-order valence-electron chi connectivity index (χ2n) is 10.1. The molecule has 1 amide bonds. The predicted molar refractivity (Wildman–Crippen MR) is 129 cm³/mol. The molecular weight excluding hydrogens is 485 g/mol. The van der Waals surface area contributed by atoms with Crippen molar-refractivity contribution in [3.8, 4) is 0 Å². The monoisotopic (exact) mass is 515 g/mol. The molecular formula is C27H30FNO6S. The first kappa shape index (κ1) is 24.9. The quantitative estimate of drug-likeness (QED) is 0.481. The number of benzene rings is 2. The highest BCUT2D eigenvalue weighted by Crippen LogP contribution is 2.54. The zero-order valence-corrected chi connectivity index (χ0v) is 21.0. The lowest BCUT2D eigenvalue weighted by molar-refractivity contribution is -0.176. The fraction of sp³-hybridized carbons (Fsp3) is 0.481. The number of fused-ring (bicyclic) bond motifs is 3. The molecule has 1 aliphatic heterocycles. The second kappa shape index (κ2) is 8.95. The van der Waals surface area contributed by atoms with Gasteiger partial charge in [0.05, 0.1) is 17.0 Å². The van der Waals surface area contributed by atoms with Crippen molar-refractivity contribution >= 4 is 21.7 Å². The van der Waals surface area contributed by atoms with E-state index in [4.69, 9.17) is 4.74 Å². The van der Waals surface area contributed by atoms with Crippen LogP contribution in [-0.2, 0) is 35.3 Å². The molecule has 192 valence electrons. The molecule has 36 heavy (non-hydrogen) atoms. The lowest BCUT2D eigenvalue weighted by Gasteiger charge is -2.46. The van der Waals surface area contributed by atoms with E-state index in [1.807, 2.05) is 12.1 Å².